The summed E-state index contributed by atoms with van der Waals surface area (Å²) in [7, 11) is 1.37. The minimum Gasteiger partial charge on any atom is -0.456 e. The zero-order valence-electron chi connectivity index (χ0n) is 6.84. The zero-order valence-corrected chi connectivity index (χ0v) is 6.84. The Morgan fingerprint density at radius 1 is 1.33 bits per heavy atom. The second-order valence-corrected chi connectivity index (χ2v) is 1.91. The van der Waals surface area contributed by atoms with Crippen molar-refractivity contribution in [3.05, 3.63) is 0 Å². The van der Waals surface area contributed by atoms with Gasteiger partial charge >= 0.3 is 12.0 Å². The predicted molar refractivity (Wildman–Crippen MR) is 39.2 cm³/mol. The van der Waals surface area contributed by atoms with Crippen molar-refractivity contribution >= 4 is 17.9 Å². The van der Waals surface area contributed by atoms with E-state index in [0.717, 1.165) is 0 Å². The first-order valence-corrected chi connectivity index (χ1v) is 3.21. The molecule has 2 N–H and O–H groups in total. The van der Waals surface area contributed by atoms with Crippen LogP contribution >= 0.6 is 0 Å². The molecule has 0 saturated carbocycles. The third-order valence-corrected chi connectivity index (χ3v) is 0.887. The van der Waals surface area contributed by atoms with Crippen LogP contribution in [0.3, 0.4) is 0 Å². The number of hydrogen-bond acceptors (Lipinski definition) is 4. The van der Waals surface area contributed by atoms with E-state index in [4.69, 9.17) is 0 Å². The SMILES string of the molecule is CNC(=O)NC(=O)COC(C)=O. The van der Waals surface area contributed by atoms with Gasteiger partial charge in [0.15, 0.2) is 6.61 Å². The minimum absolute atomic E-state index is 0.442. The number of ether oxygens (including phenoxy) is 1. The largest absolute Gasteiger partial charge is 0.456 e. The van der Waals surface area contributed by atoms with Gasteiger partial charge in [-0.25, -0.2) is 4.79 Å². The lowest BCUT2D eigenvalue weighted by atomic mass is 10.6. The van der Waals surface area contributed by atoms with Crippen LogP contribution in [0.25, 0.3) is 0 Å². The molecule has 6 nitrogen and oxygen atoms in total. The summed E-state index contributed by atoms with van der Waals surface area (Å²) in [4.78, 5) is 31.4. The molecule has 0 spiro atoms. The Bertz CT molecular complexity index is 202. The van der Waals surface area contributed by atoms with Gasteiger partial charge in [-0.1, -0.05) is 0 Å². The molecule has 0 heterocycles. The van der Waals surface area contributed by atoms with Crippen LogP contribution in [0.5, 0.6) is 0 Å². The van der Waals surface area contributed by atoms with Crippen LogP contribution in [-0.4, -0.2) is 31.6 Å². The summed E-state index contributed by atoms with van der Waals surface area (Å²) in [6.07, 6.45) is 0. The fraction of sp³-hybridized carbons (Fsp3) is 0.500. The standard InChI is InChI=1S/C6H10N2O4/c1-4(9)12-3-5(10)8-6(11)7-2/h3H2,1-2H3,(H2,7,8,10,11). The third-order valence-electron chi connectivity index (χ3n) is 0.887. The van der Waals surface area contributed by atoms with E-state index < -0.39 is 24.5 Å². The maximum atomic E-state index is 10.7. The second kappa shape index (κ2) is 5.11. The highest BCUT2D eigenvalue weighted by Gasteiger charge is 2.06. The van der Waals surface area contributed by atoms with Crippen molar-refractivity contribution in [3.8, 4) is 0 Å². The van der Waals surface area contributed by atoms with Gasteiger partial charge in [-0.3, -0.25) is 14.9 Å². The maximum Gasteiger partial charge on any atom is 0.321 e. The maximum absolute atomic E-state index is 10.7. The number of hydrogen-bond donors (Lipinski definition) is 2. The quantitative estimate of drug-likeness (QED) is 0.526. The van der Waals surface area contributed by atoms with E-state index in [2.05, 4.69) is 10.1 Å². The average Bonchev–Trinajstić information content (AvgIpc) is 2.00. The highest BCUT2D eigenvalue weighted by atomic mass is 16.5. The molecular formula is C6H10N2O4. The van der Waals surface area contributed by atoms with Gasteiger partial charge in [-0.05, 0) is 0 Å². The summed E-state index contributed by atoms with van der Waals surface area (Å²) in [5, 5.41) is 4.09. The molecule has 0 unspecified atom stereocenters. The fourth-order valence-electron chi connectivity index (χ4n) is 0.392. The summed E-state index contributed by atoms with van der Waals surface area (Å²) in [6, 6.07) is -0.632. The monoisotopic (exact) mass is 174 g/mol. The van der Waals surface area contributed by atoms with Gasteiger partial charge in [0.05, 0.1) is 0 Å². The van der Waals surface area contributed by atoms with Gasteiger partial charge < -0.3 is 10.1 Å². The molecule has 3 amide bonds. The van der Waals surface area contributed by atoms with Crippen LogP contribution < -0.4 is 10.6 Å². The summed E-state index contributed by atoms with van der Waals surface area (Å²) in [6.45, 7) is 0.732. The van der Waals surface area contributed by atoms with Crippen molar-refractivity contribution in [1.82, 2.24) is 10.6 Å². The fourth-order valence-corrected chi connectivity index (χ4v) is 0.392. The van der Waals surface area contributed by atoms with Crippen molar-refractivity contribution in [2.45, 2.75) is 6.92 Å². The summed E-state index contributed by atoms with van der Waals surface area (Å²) in [5.41, 5.74) is 0. The number of carbonyl (C=O) groups excluding carboxylic acids is 3. The Balaban J connectivity index is 3.60. The molecule has 6 heteroatoms. The Hall–Kier alpha value is -1.59. The van der Waals surface area contributed by atoms with Gasteiger partial charge in [0, 0.05) is 14.0 Å². The topological polar surface area (TPSA) is 84.5 Å². The number of amides is 3. The first-order valence-electron chi connectivity index (χ1n) is 3.21. The van der Waals surface area contributed by atoms with Crippen molar-refractivity contribution in [1.29, 1.82) is 0 Å². The van der Waals surface area contributed by atoms with Crippen molar-refractivity contribution < 1.29 is 19.1 Å². The smallest absolute Gasteiger partial charge is 0.321 e. The van der Waals surface area contributed by atoms with Crippen LogP contribution in [0.2, 0.25) is 0 Å². The van der Waals surface area contributed by atoms with E-state index in [1.165, 1.54) is 14.0 Å². The van der Waals surface area contributed by atoms with Crippen LogP contribution in [0.1, 0.15) is 6.92 Å². The molecule has 0 aromatic heterocycles. The van der Waals surface area contributed by atoms with Gasteiger partial charge in [-0.15, -0.1) is 0 Å². The number of esters is 1. The first-order chi connectivity index (χ1) is 5.56. The first kappa shape index (κ1) is 10.4. The molecule has 0 aromatic carbocycles. The minimum atomic E-state index is -0.662. The molecule has 0 saturated heterocycles. The van der Waals surface area contributed by atoms with E-state index >= 15 is 0 Å². The number of nitrogens with one attached hydrogen (secondary N) is 2. The Morgan fingerprint density at radius 3 is 2.33 bits per heavy atom. The number of rotatable bonds is 2. The van der Waals surface area contributed by atoms with Crippen molar-refractivity contribution in [3.63, 3.8) is 0 Å². The van der Waals surface area contributed by atoms with Crippen molar-refractivity contribution in [2.75, 3.05) is 13.7 Å². The third kappa shape index (κ3) is 5.21. The molecule has 0 radical (unpaired) electrons. The van der Waals surface area contributed by atoms with Crippen molar-refractivity contribution in [2.24, 2.45) is 0 Å². The molecule has 12 heavy (non-hydrogen) atoms. The molecule has 0 aliphatic heterocycles. The lowest BCUT2D eigenvalue weighted by Gasteiger charge is -2.02. The normalized spacial score (nSPS) is 8.50. The van der Waals surface area contributed by atoms with Gasteiger partial charge in [0.25, 0.3) is 5.91 Å². The molecule has 0 bridgehead atoms. The predicted octanol–water partition coefficient (Wildman–Crippen LogP) is -0.995. The van der Waals surface area contributed by atoms with E-state index in [0.29, 0.717) is 0 Å². The summed E-state index contributed by atoms with van der Waals surface area (Å²) < 4.78 is 4.32. The molecule has 0 fully saturated rings. The van der Waals surface area contributed by atoms with Gasteiger partial charge in [0.2, 0.25) is 0 Å². The molecule has 0 aromatic rings. The number of carbonyl (C=O) groups is 3. The van der Waals surface area contributed by atoms with E-state index in [1.807, 2.05) is 5.32 Å². The average molecular weight is 174 g/mol. The molecule has 0 atom stereocenters. The molecular weight excluding hydrogens is 164 g/mol. The molecule has 68 valence electrons. The Kier molecular flexibility index (Phi) is 4.43. The van der Waals surface area contributed by atoms with Crippen LogP contribution in [0.15, 0.2) is 0 Å². The van der Waals surface area contributed by atoms with E-state index in [-0.39, 0.29) is 0 Å². The Labute approximate surface area is 69.3 Å². The van der Waals surface area contributed by atoms with Gasteiger partial charge in [-0.2, -0.15) is 0 Å². The van der Waals surface area contributed by atoms with Crippen LogP contribution in [0, 0.1) is 0 Å². The molecule has 0 aliphatic carbocycles. The highest BCUT2D eigenvalue weighted by molar-refractivity contribution is 5.95. The highest BCUT2D eigenvalue weighted by Crippen LogP contribution is 1.76. The van der Waals surface area contributed by atoms with Crippen LogP contribution in [-0.2, 0) is 14.3 Å². The van der Waals surface area contributed by atoms with E-state index in [9.17, 15) is 14.4 Å². The molecule has 0 aliphatic rings. The zero-order chi connectivity index (χ0) is 9.56. The summed E-state index contributed by atoms with van der Waals surface area (Å²) >= 11 is 0. The second-order valence-electron chi connectivity index (χ2n) is 1.91. The lowest BCUT2D eigenvalue weighted by Crippen LogP contribution is -2.39. The lowest BCUT2D eigenvalue weighted by molar-refractivity contribution is -0.146. The van der Waals surface area contributed by atoms with E-state index in [1.54, 1.807) is 0 Å². The number of urea groups is 1. The van der Waals surface area contributed by atoms with Crippen LogP contribution in [0.4, 0.5) is 4.79 Å². The molecule has 0 rings (SSSR count). The Morgan fingerprint density at radius 2 is 1.92 bits per heavy atom. The van der Waals surface area contributed by atoms with Gasteiger partial charge in [0.1, 0.15) is 0 Å². The number of imide groups is 1. The summed E-state index contributed by atoms with van der Waals surface area (Å²) in [5.74, 6) is -1.23.